The molecule has 1 heteroatoms. The molecular formula is C19H31N. The van der Waals surface area contributed by atoms with Gasteiger partial charge in [0.25, 0.3) is 0 Å². The third-order valence-corrected chi connectivity index (χ3v) is 4.85. The van der Waals surface area contributed by atoms with Crippen molar-refractivity contribution in [2.45, 2.75) is 70.6 Å². The van der Waals surface area contributed by atoms with E-state index < -0.39 is 0 Å². The maximum absolute atomic E-state index is 3.48. The van der Waals surface area contributed by atoms with Crippen LogP contribution >= 0.6 is 0 Å². The minimum Gasteiger partial charge on any atom is -0.315 e. The lowest BCUT2D eigenvalue weighted by Gasteiger charge is -2.43. The monoisotopic (exact) mass is 273 g/mol. The summed E-state index contributed by atoms with van der Waals surface area (Å²) in [4.78, 5) is 0. The zero-order chi connectivity index (χ0) is 14.3. The SMILES string of the molecule is CCCCCCCCCC1(c2ccc(C)cc2)CNC1. The molecule has 1 aliphatic heterocycles. The van der Waals surface area contributed by atoms with E-state index in [4.69, 9.17) is 0 Å². The van der Waals surface area contributed by atoms with Crippen LogP contribution in [-0.2, 0) is 5.41 Å². The largest absolute Gasteiger partial charge is 0.315 e. The highest BCUT2D eigenvalue weighted by Crippen LogP contribution is 2.34. The zero-order valence-electron chi connectivity index (χ0n) is 13.4. The number of benzene rings is 1. The van der Waals surface area contributed by atoms with Crippen molar-refractivity contribution < 1.29 is 0 Å². The van der Waals surface area contributed by atoms with E-state index in [1.54, 1.807) is 5.56 Å². The molecule has 1 aliphatic rings. The van der Waals surface area contributed by atoms with Gasteiger partial charge in [-0.2, -0.15) is 0 Å². The molecule has 0 amide bonds. The summed E-state index contributed by atoms with van der Waals surface area (Å²) in [5, 5.41) is 3.48. The van der Waals surface area contributed by atoms with Gasteiger partial charge in [0.15, 0.2) is 0 Å². The Morgan fingerprint density at radius 1 is 0.900 bits per heavy atom. The zero-order valence-corrected chi connectivity index (χ0v) is 13.4. The second-order valence-corrected chi connectivity index (χ2v) is 6.62. The van der Waals surface area contributed by atoms with Crippen LogP contribution in [0.2, 0.25) is 0 Å². The van der Waals surface area contributed by atoms with Crippen LogP contribution < -0.4 is 5.32 Å². The Bertz CT molecular complexity index is 375. The number of hydrogen-bond acceptors (Lipinski definition) is 1. The Morgan fingerprint density at radius 2 is 1.50 bits per heavy atom. The molecule has 1 N–H and O–H groups in total. The highest BCUT2D eigenvalue weighted by molar-refractivity contribution is 5.32. The van der Waals surface area contributed by atoms with Crippen molar-refractivity contribution in [1.29, 1.82) is 0 Å². The molecule has 2 rings (SSSR count). The Hall–Kier alpha value is -0.820. The first-order chi connectivity index (χ1) is 9.77. The number of hydrogen-bond donors (Lipinski definition) is 1. The van der Waals surface area contributed by atoms with E-state index in [1.807, 2.05) is 0 Å². The molecule has 1 heterocycles. The molecule has 1 aromatic carbocycles. The van der Waals surface area contributed by atoms with Gasteiger partial charge < -0.3 is 5.32 Å². The molecule has 0 unspecified atom stereocenters. The van der Waals surface area contributed by atoms with Crippen molar-refractivity contribution in [1.82, 2.24) is 5.32 Å². The maximum atomic E-state index is 3.48. The summed E-state index contributed by atoms with van der Waals surface area (Å²) in [5.41, 5.74) is 3.36. The van der Waals surface area contributed by atoms with Crippen molar-refractivity contribution in [2.24, 2.45) is 0 Å². The summed E-state index contributed by atoms with van der Waals surface area (Å²) < 4.78 is 0. The first-order valence-corrected chi connectivity index (χ1v) is 8.55. The Labute approximate surface area is 125 Å². The van der Waals surface area contributed by atoms with Gasteiger partial charge in [-0.3, -0.25) is 0 Å². The smallest absolute Gasteiger partial charge is 0.0202 e. The number of rotatable bonds is 9. The predicted molar refractivity (Wildman–Crippen MR) is 88.3 cm³/mol. The first kappa shape index (κ1) is 15.6. The average Bonchev–Trinajstić information content (AvgIpc) is 2.41. The second-order valence-electron chi connectivity index (χ2n) is 6.62. The van der Waals surface area contributed by atoms with Crippen molar-refractivity contribution in [3.05, 3.63) is 35.4 Å². The van der Waals surface area contributed by atoms with Gasteiger partial charge in [-0.25, -0.2) is 0 Å². The van der Waals surface area contributed by atoms with E-state index in [9.17, 15) is 0 Å². The van der Waals surface area contributed by atoms with Crippen molar-refractivity contribution >= 4 is 0 Å². The molecular weight excluding hydrogens is 242 g/mol. The van der Waals surface area contributed by atoms with Crippen LogP contribution in [0.25, 0.3) is 0 Å². The Kier molecular flexibility index (Phi) is 6.09. The van der Waals surface area contributed by atoms with Gasteiger partial charge in [0.1, 0.15) is 0 Å². The fourth-order valence-electron chi connectivity index (χ4n) is 3.28. The molecule has 0 spiro atoms. The van der Waals surface area contributed by atoms with Gasteiger partial charge in [0, 0.05) is 18.5 Å². The summed E-state index contributed by atoms with van der Waals surface area (Å²) in [6.07, 6.45) is 11.2. The lowest BCUT2D eigenvalue weighted by molar-refractivity contribution is 0.249. The van der Waals surface area contributed by atoms with Crippen LogP contribution in [0.3, 0.4) is 0 Å². The van der Waals surface area contributed by atoms with Gasteiger partial charge in [0.2, 0.25) is 0 Å². The highest BCUT2D eigenvalue weighted by Gasteiger charge is 2.37. The van der Waals surface area contributed by atoms with E-state index in [2.05, 4.69) is 43.4 Å². The lowest BCUT2D eigenvalue weighted by Crippen LogP contribution is -2.56. The number of unbranched alkanes of at least 4 members (excludes halogenated alkanes) is 6. The van der Waals surface area contributed by atoms with E-state index >= 15 is 0 Å². The van der Waals surface area contributed by atoms with Crippen LogP contribution in [0.5, 0.6) is 0 Å². The maximum Gasteiger partial charge on any atom is 0.0202 e. The molecule has 112 valence electrons. The molecule has 0 aliphatic carbocycles. The Balaban J connectivity index is 1.73. The van der Waals surface area contributed by atoms with Gasteiger partial charge in [-0.05, 0) is 18.9 Å². The van der Waals surface area contributed by atoms with Crippen molar-refractivity contribution in [3.8, 4) is 0 Å². The first-order valence-electron chi connectivity index (χ1n) is 8.55. The molecule has 0 bridgehead atoms. The molecule has 0 saturated carbocycles. The standard InChI is InChI=1S/C19H31N/c1-3-4-5-6-7-8-9-14-19(15-20-16-19)18-12-10-17(2)11-13-18/h10-13,20H,3-9,14-16H2,1-2H3. The third-order valence-electron chi connectivity index (χ3n) is 4.85. The fraction of sp³-hybridized carbons (Fsp3) is 0.684. The van der Waals surface area contributed by atoms with Crippen LogP contribution in [-0.4, -0.2) is 13.1 Å². The minimum absolute atomic E-state index is 0.442. The normalized spacial score (nSPS) is 16.9. The summed E-state index contributed by atoms with van der Waals surface area (Å²) in [6, 6.07) is 9.22. The molecule has 1 aromatic rings. The van der Waals surface area contributed by atoms with Gasteiger partial charge in [-0.1, -0.05) is 81.7 Å². The van der Waals surface area contributed by atoms with Crippen LogP contribution in [0.4, 0.5) is 0 Å². The van der Waals surface area contributed by atoms with Gasteiger partial charge in [0.05, 0.1) is 0 Å². The van der Waals surface area contributed by atoms with E-state index in [1.165, 1.54) is 70.0 Å². The number of nitrogens with one attached hydrogen (secondary N) is 1. The third kappa shape index (κ3) is 4.09. The van der Waals surface area contributed by atoms with Crippen LogP contribution in [0, 0.1) is 6.92 Å². The lowest BCUT2D eigenvalue weighted by atomic mass is 9.71. The Morgan fingerprint density at radius 3 is 2.05 bits per heavy atom. The quantitative estimate of drug-likeness (QED) is 0.626. The number of aryl methyl sites for hydroxylation is 1. The predicted octanol–water partition coefficient (Wildman–Crippen LogP) is 4.98. The molecule has 20 heavy (non-hydrogen) atoms. The van der Waals surface area contributed by atoms with Gasteiger partial charge in [-0.15, -0.1) is 0 Å². The highest BCUT2D eigenvalue weighted by atomic mass is 15.0. The summed E-state index contributed by atoms with van der Waals surface area (Å²) in [5.74, 6) is 0. The summed E-state index contributed by atoms with van der Waals surface area (Å²) in [7, 11) is 0. The minimum atomic E-state index is 0.442. The van der Waals surface area contributed by atoms with E-state index in [0.717, 1.165) is 0 Å². The molecule has 1 fully saturated rings. The van der Waals surface area contributed by atoms with Crippen LogP contribution in [0.15, 0.2) is 24.3 Å². The summed E-state index contributed by atoms with van der Waals surface area (Å²) >= 11 is 0. The second kappa shape index (κ2) is 7.83. The summed E-state index contributed by atoms with van der Waals surface area (Å²) in [6.45, 7) is 6.80. The van der Waals surface area contributed by atoms with Gasteiger partial charge >= 0.3 is 0 Å². The van der Waals surface area contributed by atoms with E-state index in [0.29, 0.717) is 5.41 Å². The fourth-order valence-corrected chi connectivity index (χ4v) is 3.28. The average molecular weight is 273 g/mol. The van der Waals surface area contributed by atoms with Crippen molar-refractivity contribution in [3.63, 3.8) is 0 Å². The van der Waals surface area contributed by atoms with E-state index in [-0.39, 0.29) is 0 Å². The van der Waals surface area contributed by atoms with Crippen LogP contribution in [0.1, 0.15) is 69.4 Å². The topological polar surface area (TPSA) is 12.0 Å². The molecule has 1 saturated heterocycles. The molecule has 1 nitrogen and oxygen atoms in total. The molecule has 0 atom stereocenters. The molecule has 0 radical (unpaired) electrons. The van der Waals surface area contributed by atoms with Crippen molar-refractivity contribution in [2.75, 3.05) is 13.1 Å². The molecule has 0 aromatic heterocycles.